The van der Waals surface area contributed by atoms with Crippen LogP contribution < -0.4 is 5.32 Å². The van der Waals surface area contributed by atoms with E-state index in [0.29, 0.717) is 22.0 Å². The van der Waals surface area contributed by atoms with Gasteiger partial charge in [0.1, 0.15) is 0 Å². The predicted molar refractivity (Wildman–Crippen MR) is 87.6 cm³/mol. The number of carbonyl (C=O) groups is 3. The van der Waals surface area contributed by atoms with Crippen LogP contribution in [0.25, 0.3) is 0 Å². The van der Waals surface area contributed by atoms with Crippen molar-refractivity contribution < 1.29 is 14.4 Å². The van der Waals surface area contributed by atoms with Crippen LogP contribution in [0.4, 0.5) is 0 Å². The SMILES string of the molecule is O=C(CCN1C(=O)c2ccccc2C1=O)NCc1ccc(Cl)s1. The van der Waals surface area contributed by atoms with Crippen molar-refractivity contribution in [3.63, 3.8) is 0 Å². The average molecular weight is 349 g/mol. The predicted octanol–water partition coefficient (Wildman–Crippen LogP) is 2.70. The number of nitrogens with one attached hydrogen (secondary N) is 1. The second kappa shape index (κ2) is 6.52. The van der Waals surface area contributed by atoms with Crippen molar-refractivity contribution in [3.05, 3.63) is 56.7 Å². The lowest BCUT2D eigenvalue weighted by molar-refractivity contribution is -0.121. The van der Waals surface area contributed by atoms with Gasteiger partial charge < -0.3 is 5.32 Å². The number of hydrogen-bond donors (Lipinski definition) is 1. The number of hydrogen-bond acceptors (Lipinski definition) is 4. The fourth-order valence-electron chi connectivity index (χ4n) is 2.38. The molecule has 2 heterocycles. The van der Waals surface area contributed by atoms with Gasteiger partial charge >= 0.3 is 0 Å². The number of thiophene rings is 1. The molecule has 1 aliphatic rings. The van der Waals surface area contributed by atoms with Crippen molar-refractivity contribution in [2.24, 2.45) is 0 Å². The number of amides is 3. The standard InChI is InChI=1S/C16H13ClN2O3S/c17-13-6-5-10(23-13)9-18-14(20)7-8-19-15(21)11-3-1-2-4-12(11)16(19)22/h1-6H,7-9H2,(H,18,20). The van der Waals surface area contributed by atoms with Gasteiger partial charge in [0, 0.05) is 17.8 Å². The van der Waals surface area contributed by atoms with Gasteiger partial charge in [-0.1, -0.05) is 23.7 Å². The Morgan fingerprint density at radius 3 is 2.30 bits per heavy atom. The van der Waals surface area contributed by atoms with E-state index in [-0.39, 0.29) is 30.7 Å². The van der Waals surface area contributed by atoms with Crippen LogP contribution in [0.5, 0.6) is 0 Å². The maximum atomic E-state index is 12.2. The smallest absolute Gasteiger partial charge is 0.261 e. The van der Waals surface area contributed by atoms with Crippen molar-refractivity contribution in [1.82, 2.24) is 10.2 Å². The molecule has 3 amide bonds. The second-order valence-electron chi connectivity index (χ2n) is 5.04. The molecule has 2 aromatic rings. The third kappa shape index (κ3) is 3.28. The molecule has 0 spiro atoms. The van der Waals surface area contributed by atoms with E-state index in [1.165, 1.54) is 11.3 Å². The summed E-state index contributed by atoms with van der Waals surface area (Å²) >= 11 is 7.22. The lowest BCUT2D eigenvalue weighted by Crippen LogP contribution is -2.34. The molecule has 0 saturated carbocycles. The van der Waals surface area contributed by atoms with Crippen molar-refractivity contribution in [2.45, 2.75) is 13.0 Å². The number of carbonyl (C=O) groups excluding carboxylic acids is 3. The Bertz CT molecular complexity index is 752. The zero-order valence-corrected chi connectivity index (χ0v) is 13.6. The molecule has 1 N–H and O–H groups in total. The highest BCUT2D eigenvalue weighted by molar-refractivity contribution is 7.16. The molecule has 0 saturated heterocycles. The van der Waals surface area contributed by atoms with Gasteiger partial charge in [0.25, 0.3) is 11.8 Å². The molecule has 1 aromatic heterocycles. The highest BCUT2D eigenvalue weighted by Gasteiger charge is 2.34. The van der Waals surface area contributed by atoms with E-state index in [4.69, 9.17) is 11.6 Å². The van der Waals surface area contributed by atoms with Gasteiger partial charge in [-0.3, -0.25) is 19.3 Å². The van der Waals surface area contributed by atoms with Gasteiger partial charge in [-0.25, -0.2) is 0 Å². The fraction of sp³-hybridized carbons (Fsp3) is 0.188. The van der Waals surface area contributed by atoms with Crippen LogP contribution in [0.2, 0.25) is 4.34 Å². The van der Waals surface area contributed by atoms with Crippen molar-refractivity contribution in [1.29, 1.82) is 0 Å². The first kappa shape index (κ1) is 15.7. The minimum atomic E-state index is -0.344. The van der Waals surface area contributed by atoms with Crippen LogP contribution in [-0.4, -0.2) is 29.2 Å². The Hall–Kier alpha value is -2.18. The molecule has 1 aliphatic heterocycles. The highest BCUT2D eigenvalue weighted by Crippen LogP contribution is 2.23. The molecule has 23 heavy (non-hydrogen) atoms. The van der Waals surface area contributed by atoms with E-state index in [1.54, 1.807) is 30.3 Å². The van der Waals surface area contributed by atoms with Crippen LogP contribution in [-0.2, 0) is 11.3 Å². The van der Waals surface area contributed by atoms with E-state index >= 15 is 0 Å². The number of imide groups is 1. The highest BCUT2D eigenvalue weighted by atomic mass is 35.5. The molecular weight excluding hydrogens is 336 g/mol. The minimum absolute atomic E-state index is 0.0728. The lowest BCUT2D eigenvalue weighted by atomic mass is 10.1. The van der Waals surface area contributed by atoms with Crippen molar-refractivity contribution in [3.8, 4) is 0 Å². The Morgan fingerprint density at radius 2 is 1.74 bits per heavy atom. The number of fused-ring (bicyclic) bond motifs is 1. The second-order valence-corrected chi connectivity index (χ2v) is 6.84. The summed E-state index contributed by atoms with van der Waals surface area (Å²) in [4.78, 5) is 38.3. The maximum absolute atomic E-state index is 12.2. The summed E-state index contributed by atoms with van der Waals surface area (Å²) in [5.74, 6) is -0.905. The number of benzene rings is 1. The molecule has 0 atom stereocenters. The molecule has 0 unspecified atom stereocenters. The molecule has 0 aliphatic carbocycles. The summed E-state index contributed by atoms with van der Waals surface area (Å²) in [5, 5.41) is 2.75. The zero-order valence-electron chi connectivity index (χ0n) is 12.0. The first-order chi connectivity index (χ1) is 11.1. The Morgan fingerprint density at radius 1 is 1.09 bits per heavy atom. The topological polar surface area (TPSA) is 66.5 Å². The largest absolute Gasteiger partial charge is 0.351 e. The summed E-state index contributed by atoms with van der Waals surface area (Å²) in [6.45, 7) is 0.460. The summed E-state index contributed by atoms with van der Waals surface area (Å²) in [6.07, 6.45) is 0.0740. The molecule has 118 valence electrons. The third-order valence-electron chi connectivity index (χ3n) is 3.53. The fourth-order valence-corrected chi connectivity index (χ4v) is 3.40. The normalized spacial score (nSPS) is 13.3. The quantitative estimate of drug-likeness (QED) is 0.845. The molecule has 3 rings (SSSR count). The molecular formula is C16H13ClN2O3S. The number of rotatable bonds is 5. The van der Waals surface area contributed by atoms with Gasteiger partial charge in [-0.15, -0.1) is 11.3 Å². The molecule has 7 heteroatoms. The Labute approximate surface area is 141 Å². The van der Waals surface area contributed by atoms with E-state index < -0.39 is 0 Å². The minimum Gasteiger partial charge on any atom is -0.351 e. The molecule has 0 radical (unpaired) electrons. The Kier molecular flexibility index (Phi) is 4.45. The van der Waals surface area contributed by atoms with E-state index in [2.05, 4.69) is 5.32 Å². The summed E-state index contributed by atoms with van der Waals surface area (Å²) in [7, 11) is 0. The van der Waals surface area contributed by atoms with Crippen LogP contribution >= 0.6 is 22.9 Å². The lowest BCUT2D eigenvalue weighted by Gasteiger charge is -2.13. The third-order valence-corrected chi connectivity index (χ3v) is 4.76. The van der Waals surface area contributed by atoms with Gasteiger partial charge in [0.15, 0.2) is 0 Å². The monoisotopic (exact) mass is 348 g/mol. The summed E-state index contributed by atoms with van der Waals surface area (Å²) < 4.78 is 0.667. The molecule has 1 aromatic carbocycles. The summed E-state index contributed by atoms with van der Waals surface area (Å²) in [5.41, 5.74) is 0.789. The van der Waals surface area contributed by atoms with Gasteiger partial charge in [-0.2, -0.15) is 0 Å². The molecule has 0 fully saturated rings. The molecule has 0 bridgehead atoms. The number of nitrogens with zero attached hydrogens (tertiary/aromatic N) is 1. The van der Waals surface area contributed by atoms with E-state index in [1.807, 2.05) is 6.07 Å². The van der Waals surface area contributed by atoms with Crippen LogP contribution in [0.15, 0.2) is 36.4 Å². The van der Waals surface area contributed by atoms with Crippen molar-refractivity contribution >= 4 is 40.7 Å². The van der Waals surface area contributed by atoms with Gasteiger partial charge in [0.2, 0.25) is 5.91 Å². The van der Waals surface area contributed by atoms with Crippen LogP contribution in [0.3, 0.4) is 0 Å². The summed E-state index contributed by atoms with van der Waals surface area (Å²) in [6, 6.07) is 10.3. The van der Waals surface area contributed by atoms with Crippen LogP contribution in [0, 0.1) is 0 Å². The zero-order chi connectivity index (χ0) is 16.4. The maximum Gasteiger partial charge on any atom is 0.261 e. The average Bonchev–Trinajstić information content (AvgIpc) is 3.07. The van der Waals surface area contributed by atoms with Crippen molar-refractivity contribution in [2.75, 3.05) is 6.54 Å². The first-order valence-corrected chi connectivity index (χ1v) is 8.22. The van der Waals surface area contributed by atoms with E-state index in [9.17, 15) is 14.4 Å². The number of halogens is 1. The Balaban J connectivity index is 1.54. The van der Waals surface area contributed by atoms with Crippen LogP contribution in [0.1, 0.15) is 32.0 Å². The van der Waals surface area contributed by atoms with Gasteiger partial charge in [0.05, 0.1) is 22.0 Å². The molecule has 5 nitrogen and oxygen atoms in total. The van der Waals surface area contributed by atoms with Gasteiger partial charge in [-0.05, 0) is 24.3 Å². The van der Waals surface area contributed by atoms with E-state index in [0.717, 1.165) is 9.78 Å². The first-order valence-electron chi connectivity index (χ1n) is 7.02.